The fourth-order valence-corrected chi connectivity index (χ4v) is 4.77. The quantitative estimate of drug-likeness (QED) is 0.447. The van der Waals surface area contributed by atoms with Crippen LogP contribution in [0.1, 0.15) is 23.6 Å². The number of esters is 1. The molecule has 2 aromatic carbocycles. The summed E-state index contributed by atoms with van der Waals surface area (Å²) < 4.78 is 32.9. The Morgan fingerprint density at radius 3 is 2.52 bits per heavy atom. The van der Waals surface area contributed by atoms with Gasteiger partial charge in [0, 0.05) is 18.0 Å². The van der Waals surface area contributed by atoms with Crippen LogP contribution in [0, 0.1) is 6.92 Å². The van der Waals surface area contributed by atoms with E-state index in [0.717, 1.165) is 22.1 Å². The minimum Gasteiger partial charge on any atom is -0.468 e. The van der Waals surface area contributed by atoms with E-state index < -0.39 is 22.0 Å². The van der Waals surface area contributed by atoms with Gasteiger partial charge in [0.2, 0.25) is 0 Å². The monoisotopic (exact) mass is 438 g/mol. The number of allylic oxidation sites excluding steroid dienone is 2. The van der Waals surface area contributed by atoms with Crippen molar-refractivity contribution in [1.82, 2.24) is 3.97 Å². The van der Waals surface area contributed by atoms with E-state index >= 15 is 0 Å². The number of nitrogens with zero attached hydrogens (tertiary/aromatic N) is 1. The molecule has 0 bridgehead atoms. The van der Waals surface area contributed by atoms with Gasteiger partial charge in [-0.25, -0.2) is 12.4 Å². The van der Waals surface area contributed by atoms with Gasteiger partial charge in [0.05, 0.1) is 17.5 Å². The molecule has 3 rings (SSSR count). The van der Waals surface area contributed by atoms with E-state index in [1.165, 1.54) is 11.1 Å². The van der Waals surface area contributed by atoms with Crippen molar-refractivity contribution in [3.8, 4) is 0 Å². The average molecular weight is 439 g/mol. The molecule has 0 aliphatic rings. The van der Waals surface area contributed by atoms with Gasteiger partial charge in [-0.2, -0.15) is 0 Å². The van der Waals surface area contributed by atoms with Gasteiger partial charge in [-0.05, 0) is 43.2 Å². The first kappa shape index (κ1) is 22.5. The van der Waals surface area contributed by atoms with E-state index in [4.69, 9.17) is 10.5 Å². The van der Waals surface area contributed by atoms with Gasteiger partial charge in [-0.1, -0.05) is 54.1 Å². The molecule has 0 aliphatic heterocycles. The number of rotatable bonds is 7. The molecule has 0 radical (unpaired) electrons. The highest BCUT2D eigenvalue weighted by Gasteiger charge is 2.24. The number of benzene rings is 2. The van der Waals surface area contributed by atoms with Gasteiger partial charge in [0.15, 0.2) is 0 Å². The maximum Gasteiger partial charge on any atom is 0.322 e. The van der Waals surface area contributed by atoms with Crippen molar-refractivity contribution in [3.63, 3.8) is 0 Å². The number of ether oxygens (including phenoxy) is 1. The fraction of sp³-hybridized carbons (Fsp3) is 0.208. The lowest BCUT2D eigenvalue weighted by molar-refractivity contribution is -0.142. The SMILES string of the molecule is C=C(C)/C=C/c1cccc2c1c(C[C@H](N)C(=O)OC)cn2S(=O)(=O)c1ccc(C)cc1. The Morgan fingerprint density at radius 1 is 1.23 bits per heavy atom. The summed E-state index contributed by atoms with van der Waals surface area (Å²) in [5.74, 6) is -0.558. The summed E-state index contributed by atoms with van der Waals surface area (Å²) in [6.45, 7) is 7.65. The number of hydrogen-bond acceptors (Lipinski definition) is 5. The minimum absolute atomic E-state index is 0.136. The second-order valence-electron chi connectivity index (χ2n) is 7.52. The second-order valence-corrected chi connectivity index (χ2v) is 9.34. The summed E-state index contributed by atoms with van der Waals surface area (Å²) in [5.41, 5.74) is 9.79. The maximum absolute atomic E-state index is 13.4. The third-order valence-corrected chi connectivity index (χ3v) is 6.66. The molecule has 31 heavy (non-hydrogen) atoms. The lowest BCUT2D eigenvalue weighted by Crippen LogP contribution is -2.33. The van der Waals surface area contributed by atoms with Crippen molar-refractivity contribution in [2.24, 2.45) is 5.73 Å². The molecule has 3 aromatic rings. The van der Waals surface area contributed by atoms with Gasteiger partial charge >= 0.3 is 5.97 Å². The largest absolute Gasteiger partial charge is 0.468 e. The summed E-state index contributed by atoms with van der Waals surface area (Å²) in [4.78, 5) is 12.1. The molecule has 0 fully saturated rings. The Labute approximate surface area is 182 Å². The zero-order valence-corrected chi connectivity index (χ0v) is 18.6. The molecule has 0 saturated carbocycles. The van der Waals surface area contributed by atoms with E-state index in [2.05, 4.69) is 6.58 Å². The van der Waals surface area contributed by atoms with E-state index in [9.17, 15) is 13.2 Å². The predicted octanol–water partition coefficient (Wildman–Crippen LogP) is 3.82. The van der Waals surface area contributed by atoms with Crippen LogP contribution < -0.4 is 5.73 Å². The number of carbonyl (C=O) groups is 1. The summed E-state index contributed by atoms with van der Waals surface area (Å²) in [6, 6.07) is 11.2. The summed E-state index contributed by atoms with van der Waals surface area (Å²) in [7, 11) is -2.58. The fourth-order valence-electron chi connectivity index (χ4n) is 3.39. The van der Waals surface area contributed by atoms with Crippen molar-refractivity contribution >= 4 is 33.0 Å². The highest BCUT2D eigenvalue weighted by atomic mass is 32.2. The molecule has 1 atom stereocenters. The summed E-state index contributed by atoms with van der Waals surface area (Å²) in [5, 5.41) is 0.718. The second kappa shape index (κ2) is 8.91. The zero-order valence-electron chi connectivity index (χ0n) is 17.8. The normalized spacial score (nSPS) is 12.9. The van der Waals surface area contributed by atoms with Crippen molar-refractivity contribution in [2.75, 3.05) is 7.11 Å². The Bertz CT molecular complexity index is 1270. The number of fused-ring (bicyclic) bond motifs is 1. The Morgan fingerprint density at radius 2 is 1.90 bits per heavy atom. The third-order valence-electron chi connectivity index (χ3n) is 4.98. The van der Waals surface area contributed by atoms with Gasteiger partial charge in [0.25, 0.3) is 10.0 Å². The molecule has 1 aromatic heterocycles. The van der Waals surface area contributed by atoms with E-state index in [1.54, 1.807) is 42.6 Å². The number of aryl methyl sites for hydroxylation is 1. The molecular formula is C24H26N2O4S. The molecule has 6 nitrogen and oxygen atoms in total. The highest BCUT2D eigenvalue weighted by Crippen LogP contribution is 2.30. The van der Waals surface area contributed by atoms with Crippen LogP contribution in [-0.4, -0.2) is 31.5 Å². The lowest BCUT2D eigenvalue weighted by Gasteiger charge is -2.09. The molecule has 0 spiro atoms. The predicted molar refractivity (Wildman–Crippen MR) is 123 cm³/mol. The number of hydrogen-bond donors (Lipinski definition) is 1. The van der Waals surface area contributed by atoms with Crippen LogP contribution in [0.2, 0.25) is 0 Å². The van der Waals surface area contributed by atoms with Crippen LogP contribution in [0.25, 0.3) is 17.0 Å². The van der Waals surface area contributed by atoms with Crippen molar-refractivity contribution in [1.29, 1.82) is 0 Å². The Balaban J connectivity index is 2.25. The molecule has 162 valence electrons. The molecule has 0 aliphatic carbocycles. The Kier molecular flexibility index (Phi) is 6.48. The molecule has 2 N–H and O–H groups in total. The standard InChI is InChI=1S/C24H26N2O4S/c1-16(2)8-11-18-6-5-7-22-23(18)19(14-21(25)24(27)30-4)15-26(22)31(28,29)20-12-9-17(3)10-13-20/h5-13,15,21H,1,14,25H2,2-4H3/b11-8+/t21-/m0/s1. The van der Waals surface area contributed by atoms with Crippen LogP contribution in [0.3, 0.4) is 0 Å². The first-order valence-electron chi connectivity index (χ1n) is 9.77. The van der Waals surface area contributed by atoms with Crippen LogP contribution >= 0.6 is 0 Å². The summed E-state index contributed by atoms with van der Waals surface area (Å²) in [6.07, 6.45) is 5.41. The molecular weight excluding hydrogens is 412 g/mol. The average Bonchev–Trinajstić information content (AvgIpc) is 3.11. The molecule has 7 heteroatoms. The molecule has 0 amide bonds. The van der Waals surface area contributed by atoms with Crippen molar-refractivity contribution in [3.05, 3.63) is 83.6 Å². The van der Waals surface area contributed by atoms with Gasteiger partial charge in [-0.15, -0.1) is 0 Å². The minimum atomic E-state index is -3.85. The van der Waals surface area contributed by atoms with E-state index in [-0.39, 0.29) is 11.3 Å². The zero-order chi connectivity index (χ0) is 22.8. The maximum atomic E-state index is 13.4. The number of nitrogens with two attached hydrogens (primary N) is 1. The number of aromatic nitrogens is 1. The van der Waals surface area contributed by atoms with E-state index in [0.29, 0.717) is 11.1 Å². The van der Waals surface area contributed by atoms with Gasteiger partial charge in [0.1, 0.15) is 6.04 Å². The van der Waals surface area contributed by atoms with E-state index in [1.807, 2.05) is 32.1 Å². The third kappa shape index (κ3) is 4.62. The van der Waals surface area contributed by atoms with Crippen LogP contribution in [0.4, 0.5) is 0 Å². The lowest BCUT2D eigenvalue weighted by atomic mass is 10.0. The van der Waals surface area contributed by atoms with Gasteiger partial charge in [-0.3, -0.25) is 4.79 Å². The molecule has 0 saturated heterocycles. The molecule has 0 unspecified atom stereocenters. The van der Waals surface area contributed by atoms with Crippen molar-refractivity contribution in [2.45, 2.75) is 31.2 Å². The topological polar surface area (TPSA) is 91.4 Å². The van der Waals surface area contributed by atoms with Crippen molar-refractivity contribution < 1.29 is 17.9 Å². The number of methoxy groups -OCH3 is 1. The smallest absolute Gasteiger partial charge is 0.322 e. The number of carbonyl (C=O) groups excluding carboxylic acids is 1. The highest BCUT2D eigenvalue weighted by molar-refractivity contribution is 7.90. The van der Waals surface area contributed by atoms with Crippen LogP contribution in [-0.2, 0) is 26.0 Å². The first-order chi connectivity index (χ1) is 14.6. The van der Waals surface area contributed by atoms with Crippen LogP contribution in [0.15, 0.2) is 71.8 Å². The summed E-state index contributed by atoms with van der Waals surface area (Å²) >= 11 is 0. The Hall–Kier alpha value is -3.16. The van der Waals surface area contributed by atoms with Crippen LogP contribution in [0.5, 0.6) is 0 Å². The first-order valence-corrected chi connectivity index (χ1v) is 11.2. The van der Waals surface area contributed by atoms with Gasteiger partial charge < -0.3 is 10.5 Å². The molecule has 1 heterocycles.